The number of rotatable bonds is 0. The van der Waals surface area contributed by atoms with Gasteiger partial charge in [0.2, 0.25) is 0 Å². The first kappa shape index (κ1) is 7.09. The Hall–Kier alpha value is -1.58. The molecule has 62 valence electrons. The van der Waals surface area contributed by atoms with Gasteiger partial charge >= 0.3 is 0 Å². The topological polar surface area (TPSA) is 56.7 Å². The molecule has 0 aliphatic carbocycles. The van der Waals surface area contributed by atoms with Crippen molar-refractivity contribution in [2.75, 3.05) is 5.73 Å². The summed E-state index contributed by atoms with van der Waals surface area (Å²) >= 11 is 0. The average Bonchev–Trinajstić information content (AvgIpc) is 2.31. The van der Waals surface area contributed by atoms with Crippen molar-refractivity contribution in [2.24, 2.45) is 7.05 Å². The number of nitrogen functional groups attached to an aromatic ring is 1. The minimum Gasteiger partial charge on any atom is -0.384 e. The number of aryl methyl sites for hydroxylation is 2. The van der Waals surface area contributed by atoms with Crippen LogP contribution in [0, 0.1) is 6.92 Å². The monoisotopic (exact) mass is 162 g/mol. The predicted octanol–water partition coefficient (Wildman–Crippen LogP) is 0.859. The Morgan fingerprint density at radius 1 is 1.50 bits per heavy atom. The van der Waals surface area contributed by atoms with Gasteiger partial charge in [0.25, 0.3) is 0 Å². The van der Waals surface area contributed by atoms with E-state index in [1.54, 1.807) is 12.4 Å². The normalized spacial score (nSPS) is 10.8. The number of pyridine rings is 1. The van der Waals surface area contributed by atoms with Gasteiger partial charge in [0.15, 0.2) is 0 Å². The van der Waals surface area contributed by atoms with Crippen LogP contribution in [-0.4, -0.2) is 14.5 Å². The zero-order valence-electron chi connectivity index (χ0n) is 7.07. The molecule has 2 aromatic rings. The lowest BCUT2D eigenvalue weighted by Gasteiger charge is -1.99. The van der Waals surface area contributed by atoms with E-state index in [4.69, 9.17) is 5.73 Å². The quantitative estimate of drug-likeness (QED) is 0.625. The molecule has 2 rings (SSSR count). The van der Waals surface area contributed by atoms with E-state index < -0.39 is 0 Å². The molecular weight excluding hydrogens is 152 g/mol. The Kier molecular flexibility index (Phi) is 1.30. The summed E-state index contributed by atoms with van der Waals surface area (Å²) in [6.07, 6.45) is 1.76. The number of nitrogens with two attached hydrogens (primary N) is 1. The molecule has 0 aromatic carbocycles. The summed E-state index contributed by atoms with van der Waals surface area (Å²) in [5, 5.41) is 0. The first-order chi connectivity index (χ1) is 5.68. The summed E-state index contributed by atoms with van der Waals surface area (Å²) in [6, 6.07) is 1.78. The first-order valence-electron chi connectivity index (χ1n) is 3.72. The molecule has 4 nitrogen and oxygen atoms in total. The van der Waals surface area contributed by atoms with E-state index in [-0.39, 0.29) is 0 Å². The molecule has 4 heteroatoms. The van der Waals surface area contributed by atoms with Crippen molar-refractivity contribution in [1.29, 1.82) is 0 Å². The second-order valence-corrected chi connectivity index (χ2v) is 2.86. The van der Waals surface area contributed by atoms with E-state index in [2.05, 4.69) is 9.97 Å². The highest BCUT2D eigenvalue weighted by Crippen LogP contribution is 2.16. The van der Waals surface area contributed by atoms with Crippen LogP contribution in [0.15, 0.2) is 12.4 Å². The lowest BCUT2D eigenvalue weighted by Crippen LogP contribution is -1.95. The van der Waals surface area contributed by atoms with E-state index in [1.165, 1.54) is 0 Å². The van der Waals surface area contributed by atoms with E-state index in [0.29, 0.717) is 5.82 Å². The van der Waals surface area contributed by atoms with E-state index in [0.717, 1.165) is 16.7 Å². The number of anilines is 1. The second kappa shape index (κ2) is 2.20. The van der Waals surface area contributed by atoms with Gasteiger partial charge in [-0.3, -0.25) is 0 Å². The van der Waals surface area contributed by atoms with Crippen molar-refractivity contribution in [3.63, 3.8) is 0 Å². The molecule has 0 saturated carbocycles. The van der Waals surface area contributed by atoms with Crippen molar-refractivity contribution < 1.29 is 0 Å². The van der Waals surface area contributed by atoms with Gasteiger partial charge in [-0.2, -0.15) is 0 Å². The number of hydrogen-bond acceptors (Lipinski definition) is 3. The number of nitrogens with zero attached hydrogens (tertiary/aromatic N) is 3. The average molecular weight is 162 g/mol. The van der Waals surface area contributed by atoms with Crippen LogP contribution in [0.4, 0.5) is 5.82 Å². The maximum Gasteiger partial charge on any atom is 0.125 e. The maximum absolute atomic E-state index is 5.57. The number of fused-ring (bicyclic) bond motifs is 1. The molecule has 12 heavy (non-hydrogen) atoms. The van der Waals surface area contributed by atoms with Gasteiger partial charge in [-0.05, 0) is 6.92 Å². The number of imidazole rings is 1. The highest BCUT2D eigenvalue weighted by molar-refractivity contribution is 5.79. The largest absolute Gasteiger partial charge is 0.384 e. The fraction of sp³-hybridized carbons (Fsp3) is 0.250. The van der Waals surface area contributed by atoms with Gasteiger partial charge in [-0.25, -0.2) is 9.97 Å². The lowest BCUT2D eigenvalue weighted by molar-refractivity contribution is 0.938. The summed E-state index contributed by atoms with van der Waals surface area (Å²) in [7, 11) is 1.94. The molecule has 0 amide bonds. The molecule has 0 radical (unpaired) electrons. The molecule has 2 N–H and O–H groups in total. The van der Waals surface area contributed by atoms with Crippen LogP contribution in [0.3, 0.4) is 0 Å². The van der Waals surface area contributed by atoms with Crippen molar-refractivity contribution in [3.05, 3.63) is 18.1 Å². The standard InChI is InChI=1S/C8H10N4/c1-5-8-6(3-7(9)11-5)10-4-12(8)2/h3-4H,1-2H3,(H2,9,11). The van der Waals surface area contributed by atoms with Gasteiger partial charge < -0.3 is 10.3 Å². The summed E-state index contributed by atoms with van der Waals surface area (Å²) < 4.78 is 1.94. The molecule has 0 atom stereocenters. The third-order valence-corrected chi connectivity index (χ3v) is 1.89. The highest BCUT2D eigenvalue weighted by Gasteiger charge is 2.04. The maximum atomic E-state index is 5.57. The molecule has 2 aromatic heterocycles. The third kappa shape index (κ3) is 0.845. The van der Waals surface area contributed by atoms with Gasteiger partial charge in [-0.1, -0.05) is 0 Å². The molecule has 2 heterocycles. The Bertz CT molecular complexity index is 430. The highest BCUT2D eigenvalue weighted by atomic mass is 15.0. The summed E-state index contributed by atoms with van der Waals surface area (Å²) in [4.78, 5) is 8.33. The van der Waals surface area contributed by atoms with E-state index >= 15 is 0 Å². The fourth-order valence-electron chi connectivity index (χ4n) is 1.41. The minimum atomic E-state index is 0.527. The predicted molar refractivity (Wildman–Crippen MR) is 47.7 cm³/mol. The van der Waals surface area contributed by atoms with E-state index in [9.17, 15) is 0 Å². The van der Waals surface area contributed by atoms with Gasteiger partial charge in [-0.15, -0.1) is 0 Å². The fourth-order valence-corrected chi connectivity index (χ4v) is 1.41. The summed E-state index contributed by atoms with van der Waals surface area (Å²) in [6.45, 7) is 1.93. The van der Waals surface area contributed by atoms with Gasteiger partial charge in [0.05, 0.1) is 23.1 Å². The Morgan fingerprint density at radius 3 is 3.00 bits per heavy atom. The second-order valence-electron chi connectivity index (χ2n) is 2.86. The van der Waals surface area contributed by atoms with Gasteiger partial charge in [0.1, 0.15) is 5.82 Å². The van der Waals surface area contributed by atoms with Crippen molar-refractivity contribution in [3.8, 4) is 0 Å². The van der Waals surface area contributed by atoms with Crippen molar-refractivity contribution in [1.82, 2.24) is 14.5 Å². The zero-order chi connectivity index (χ0) is 8.72. The van der Waals surface area contributed by atoms with Crippen LogP contribution < -0.4 is 5.73 Å². The Morgan fingerprint density at radius 2 is 2.25 bits per heavy atom. The summed E-state index contributed by atoms with van der Waals surface area (Å²) in [5.74, 6) is 0.527. The first-order valence-corrected chi connectivity index (χ1v) is 3.72. The van der Waals surface area contributed by atoms with Crippen LogP contribution in [0.5, 0.6) is 0 Å². The molecular formula is C8H10N4. The Balaban J connectivity index is 2.93. The van der Waals surface area contributed by atoms with E-state index in [1.807, 2.05) is 18.5 Å². The third-order valence-electron chi connectivity index (χ3n) is 1.89. The number of aromatic nitrogens is 3. The smallest absolute Gasteiger partial charge is 0.125 e. The van der Waals surface area contributed by atoms with Crippen molar-refractivity contribution >= 4 is 16.9 Å². The molecule has 0 unspecified atom stereocenters. The minimum absolute atomic E-state index is 0.527. The molecule has 0 aliphatic heterocycles. The van der Waals surface area contributed by atoms with Crippen LogP contribution in [0.25, 0.3) is 11.0 Å². The van der Waals surface area contributed by atoms with Crippen LogP contribution >= 0.6 is 0 Å². The molecule has 0 spiro atoms. The van der Waals surface area contributed by atoms with Crippen LogP contribution in [0.2, 0.25) is 0 Å². The lowest BCUT2D eigenvalue weighted by atomic mass is 10.3. The van der Waals surface area contributed by atoms with Crippen LogP contribution in [0.1, 0.15) is 5.69 Å². The zero-order valence-corrected chi connectivity index (χ0v) is 7.07. The number of hydrogen-bond donors (Lipinski definition) is 1. The summed E-state index contributed by atoms with van der Waals surface area (Å²) in [5.41, 5.74) is 8.45. The molecule has 0 aliphatic rings. The molecule has 0 fully saturated rings. The molecule has 0 bridgehead atoms. The Labute approximate surface area is 70.0 Å². The van der Waals surface area contributed by atoms with Gasteiger partial charge in [0, 0.05) is 13.1 Å². The SMILES string of the molecule is Cc1nc(N)cc2ncn(C)c12. The van der Waals surface area contributed by atoms with Crippen LogP contribution in [-0.2, 0) is 7.05 Å². The van der Waals surface area contributed by atoms with Crippen molar-refractivity contribution in [2.45, 2.75) is 6.92 Å². The molecule has 0 saturated heterocycles.